The molecule has 21 heavy (non-hydrogen) atoms. The highest BCUT2D eigenvalue weighted by Gasteiger charge is 2.41. The van der Waals surface area contributed by atoms with Gasteiger partial charge in [-0.3, -0.25) is 4.79 Å². The van der Waals surface area contributed by atoms with E-state index < -0.39 is 0 Å². The average Bonchev–Trinajstić information content (AvgIpc) is 3.32. The molecular formula is C17H25N3O. The van der Waals surface area contributed by atoms with E-state index in [1.165, 1.54) is 25.7 Å². The lowest BCUT2D eigenvalue weighted by molar-refractivity contribution is 0.0944. The topological polar surface area (TPSA) is 58.4 Å². The van der Waals surface area contributed by atoms with E-state index in [0.717, 1.165) is 24.1 Å². The molecule has 2 fully saturated rings. The van der Waals surface area contributed by atoms with E-state index >= 15 is 0 Å². The number of nitrogens with zero attached hydrogens (tertiary/aromatic N) is 1. The van der Waals surface area contributed by atoms with Gasteiger partial charge in [-0.2, -0.15) is 0 Å². The number of nitrogens with one attached hydrogen (secondary N) is 1. The molecule has 0 radical (unpaired) electrons. The van der Waals surface area contributed by atoms with Crippen LogP contribution in [0.4, 0.5) is 11.4 Å². The van der Waals surface area contributed by atoms with E-state index in [-0.39, 0.29) is 5.91 Å². The zero-order chi connectivity index (χ0) is 15.0. The average molecular weight is 287 g/mol. The lowest BCUT2D eigenvalue weighted by Crippen LogP contribution is -2.32. The number of hydrogen-bond donors (Lipinski definition) is 2. The third-order valence-electron chi connectivity index (χ3n) is 4.70. The van der Waals surface area contributed by atoms with Crippen molar-refractivity contribution in [1.29, 1.82) is 0 Å². The Kier molecular flexibility index (Phi) is 3.79. The molecular weight excluding hydrogens is 262 g/mol. The number of hydrogen-bond acceptors (Lipinski definition) is 3. The van der Waals surface area contributed by atoms with Crippen molar-refractivity contribution >= 4 is 17.3 Å². The zero-order valence-corrected chi connectivity index (χ0v) is 12.9. The number of carbonyl (C=O) groups is 1. The van der Waals surface area contributed by atoms with Gasteiger partial charge in [0.15, 0.2) is 0 Å². The molecule has 0 bridgehead atoms. The maximum atomic E-state index is 12.5. The Bertz CT molecular complexity index is 521. The summed E-state index contributed by atoms with van der Waals surface area (Å²) in [5.74, 6) is 2.40. The summed E-state index contributed by atoms with van der Waals surface area (Å²) >= 11 is 0. The van der Waals surface area contributed by atoms with Crippen LogP contribution in [0.1, 0.15) is 36.0 Å². The van der Waals surface area contributed by atoms with Crippen LogP contribution in [0.3, 0.4) is 0 Å². The fourth-order valence-electron chi connectivity index (χ4n) is 3.20. The van der Waals surface area contributed by atoms with Crippen LogP contribution in [0.5, 0.6) is 0 Å². The fraction of sp³-hybridized carbons (Fsp3) is 0.588. The van der Waals surface area contributed by atoms with Gasteiger partial charge < -0.3 is 16.0 Å². The number of anilines is 2. The van der Waals surface area contributed by atoms with Gasteiger partial charge in [0.05, 0.1) is 5.56 Å². The van der Waals surface area contributed by atoms with Gasteiger partial charge in [0.2, 0.25) is 0 Å². The second-order valence-electron chi connectivity index (χ2n) is 6.72. The van der Waals surface area contributed by atoms with Crippen LogP contribution >= 0.6 is 0 Å². The van der Waals surface area contributed by atoms with Crippen LogP contribution in [-0.2, 0) is 0 Å². The molecule has 0 heterocycles. The van der Waals surface area contributed by atoms with Crippen LogP contribution in [0.25, 0.3) is 0 Å². The van der Waals surface area contributed by atoms with E-state index in [9.17, 15) is 4.79 Å². The minimum Gasteiger partial charge on any atom is -0.399 e. The Morgan fingerprint density at radius 3 is 2.43 bits per heavy atom. The van der Waals surface area contributed by atoms with Gasteiger partial charge in [-0.15, -0.1) is 0 Å². The van der Waals surface area contributed by atoms with Crippen molar-refractivity contribution in [2.75, 3.05) is 31.3 Å². The summed E-state index contributed by atoms with van der Waals surface area (Å²) in [6.45, 7) is 0.815. The monoisotopic (exact) mass is 287 g/mol. The molecule has 3 rings (SSSR count). The molecule has 0 unspecified atom stereocenters. The summed E-state index contributed by atoms with van der Waals surface area (Å²) < 4.78 is 0. The SMILES string of the molecule is CN(C)c1ccc(N)cc1C(=O)NCC(C1CC1)C1CC1. The number of rotatable bonds is 6. The maximum Gasteiger partial charge on any atom is 0.253 e. The molecule has 0 atom stereocenters. The quantitative estimate of drug-likeness (QED) is 0.790. The van der Waals surface area contributed by atoms with Crippen molar-refractivity contribution in [3.63, 3.8) is 0 Å². The number of benzene rings is 1. The van der Waals surface area contributed by atoms with Crippen molar-refractivity contribution in [3.05, 3.63) is 23.8 Å². The highest BCUT2D eigenvalue weighted by molar-refractivity contribution is 6.00. The smallest absolute Gasteiger partial charge is 0.253 e. The molecule has 2 aliphatic carbocycles. The Hall–Kier alpha value is -1.71. The number of carbonyl (C=O) groups excluding carboxylic acids is 1. The van der Waals surface area contributed by atoms with Gasteiger partial charge in [0, 0.05) is 32.0 Å². The van der Waals surface area contributed by atoms with E-state index in [1.807, 2.05) is 31.1 Å². The summed E-state index contributed by atoms with van der Waals surface area (Å²) in [4.78, 5) is 14.5. The molecule has 1 amide bonds. The van der Waals surface area contributed by atoms with Crippen molar-refractivity contribution in [3.8, 4) is 0 Å². The highest BCUT2D eigenvalue weighted by atomic mass is 16.1. The van der Waals surface area contributed by atoms with Gasteiger partial charge in [0.25, 0.3) is 5.91 Å². The Balaban J connectivity index is 1.68. The van der Waals surface area contributed by atoms with E-state index in [1.54, 1.807) is 6.07 Å². The first-order valence-electron chi connectivity index (χ1n) is 7.91. The Morgan fingerprint density at radius 1 is 1.29 bits per heavy atom. The minimum atomic E-state index is -0.00250. The van der Waals surface area contributed by atoms with Crippen molar-refractivity contribution in [2.45, 2.75) is 25.7 Å². The Morgan fingerprint density at radius 2 is 1.90 bits per heavy atom. The predicted molar refractivity (Wildman–Crippen MR) is 86.5 cm³/mol. The minimum absolute atomic E-state index is 0.00250. The summed E-state index contributed by atoms with van der Waals surface area (Å²) in [6, 6.07) is 5.51. The van der Waals surface area contributed by atoms with Crippen molar-refractivity contribution in [2.24, 2.45) is 17.8 Å². The third-order valence-corrected chi connectivity index (χ3v) is 4.70. The van der Waals surface area contributed by atoms with E-state index in [0.29, 0.717) is 17.2 Å². The normalized spacial score (nSPS) is 17.9. The third kappa shape index (κ3) is 3.31. The Labute approximate surface area is 126 Å². The predicted octanol–water partition coefficient (Wildman–Crippen LogP) is 2.50. The largest absolute Gasteiger partial charge is 0.399 e. The summed E-state index contributed by atoms with van der Waals surface area (Å²) in [6.07, 6.45) is 5.38. The van der Waals surface area contributed by atoms with Gasteiger partial charge in [-0.1, -0.05) is 0 Å². The second kappa shape index (κ2) is 5.58. The number of amides is 1. The van der Waals surface area contributed by atoms with Gasteiger partial charge in [0.1, 0.15) is 0 Å². The van der Waals surface area contributed by atoms with Crippen LogP contribution in [-0.4, -0.2) is 26.5 Å². The van der Waals surface area contributed by atoms with E-state index in [2.05, 4.69) is 5.32 Å². The van der Waals surface area contributed by atoms with Crippen LogP contribution < -0.4 is 16.0 Å². The molecule has 0 saturated heterocycles. The standard InChI is InChI=1S/C17H25N3O/c1-20(2)16-8-7-13(18)9-14(16)17(21)19-10-15(11-3-4-11)12-5-6-12/h7-9,11-12,15H,3-6,10,18H2,1-2H3,(H,19,21). The first-order valence-corrected chi connectivity index (χ1v) is 7.91. The first kappa shape index (κ1) is 14.2. The lowest BCUT2D eigenvalue weighted by Gasteiger charge is -2.20. The number of nitrogens with two attached hydrogens (primary N) is 1. The van der Waals surface area contributed by atoms with Crippen molar-refractivity contribution in [1.82, 2.24) is 5.32 Å². The molecule has 4 heteroatoms. The van der Waals surface area contributed by atoms with Crippen LogP contribution in [0.2, 0.25) is 0 Å². The molecule has 3 N–H and O–H groups in total. The fourth-order valence-corrected chi connectivity index (χ4v) is 3.20. The summed E-state index contributed by atoms with van der Waals surface area (Å²) in [5.41, 5.74) is 8.06. The second-order valence-corrected chi connectivity index (χ2v) is 6.72. The van der Waals surface area contributed by atoms with Gasteiger partial charge >= 0.3 is 0 Å². The maximum absolute atomic E-state index is 12.5. The molecule has 114 valence electrons. The lowest BCUT2D eigenvalue weighted by atomic mass is 9.98. The van der Waals surface area contributed by atoms with Crippen molar-refractivity contribution < 1.29 is 4.79 Å². The molecule has 0 aromatic heterocycles. The van der Waals surface area contributed by atoms with Gasteiger partial charge in [-0.25, -0.2) is 0 Å². The van der Waals surface area contributed by atoms with Crippen LogP contribution in [0, 0.1) is 17.8 Å². The van der Waals surface area contributed by atoms with Crippen LogP contribution in [0.15, 0.2) is 18.2 Å². The molecule has 0 spiro atoms. The molecule has 0 aliphatic heterocycles. The first-order chi connectivity index (χ1) is 10.1. The van der Waals surface area contributed by atoms with Gasteiger partial charge in [-0.05, 0) is 61.6 Å². The highest BCUT2D eigenvalue weighted by Crippen LogP contribution is 2.48. The molecule has 2 aliphatic rings. The summed E-state index contributed by atoms with van der Waals surface area (Å²) in [7, 11) is 3.89. The molecule has 4 nitrogen and oxygen atoms in total. The molecule has 1 aromatic rings. The molecule has 1 aromatic carbocycles. The molecule has 2 saturated carbocycles. The van der Waals surface area contributed by atoms with E-state index in [4.69, 9.17) is 5.73 Å². The zero-order valence-electron chi connectivity index (χ0n) is 12.9. The number of nitrogen functional groups attached to an aromatic ring is 1. The summed E-state index contributed by atoms with van der Waals surface area (Å²) in [5, 5.41) is 3.14.